The summed E-state index contributed by atoms with van der Waals surface area (Å²) in [6, 6.07) is 0. The molecule has 2 unspecified atom stereocenters. The van der Waals surface area contributed by atoms with Crippen LogP contribution in [0.25, 0.3) is 5.65 Å². The lowest BCUT2D eigenvalue weighted by atomic mass is 9.89. The maximum Gasteiger partial charge on any atom is 0.182 e. The molecule has 0 N–H and O–H groups in total. The normalized spacial score (nSPS) is 15.4. The van der Waals surface area contributed by atoms with E-state index >= 15 is 0 Å². The molecule has 0 spiro atoms. The molecule has 2 rings (SSSR count). The molecule has 0 fully saturated rings. The predicted molar refractivity (Wildman–Crippen MR) is 68.4 cm³/mol. The van der Waals surface area contributed by atoms with Gasteiger partial charge in [-0.15, -0.1) is 21.8 Å². The van der Waals surface area contributed by atoms with Crippen LogP contribution < -0.4 is 0 Å². The summed E-state index contributed by atoms with van der Waals surface area (Å²) in [5.74, 6) is 1.47. The summed E-state index contributed by atoms with van der Waals surface area (Å²) in [5.41, 5.74) is 1.75. The first-order valence-electron chi connectivity index (χ1n) is 5.82. The third-order valence-electron chi connectivity index (χ3n) is 3.05. The fraction of sp³-hybridized carbons (Fsp3) is 0.583. The molecule has 0 aliphatic rings. The van der Waals surface area contributed by atoms with E-state index in [1.807, 2.05) is 24.4 Å². The maximum absolute atomic E-state index is 6.28. The van der Waals surface area contributed by atoms with Gasteiger partial charge in [0.05, 0.1) is 5.69 Å². The number of aromatic nitrogens is 4. The van der Waals surface area contributed by atoms with E-state index in [0.29, 0.717) is 5.92 Å². The minimum absolute atomic E-state index is 0.0192. The van der Waals surface area contributed by atoms with Crippen molar-refractivity contribution in [2.45, 2.75) is 39.0 Å². The molecule has 2 heterocycles. The van der Waals surface area contributed by atoms with Gasteiger partial charge in [0.25, 0.3) is 0 Å². The van der Waals surface area contributed by atoms with Crippen LogP contribution in [0.2, 0.25) is 0 Å². The van der Waals surface area contributed by atoms with Crippen LogP contribution in [0, 0.1) is 12.8 Å². The van der Waals surface area contributed by atoms with Gasteiger partial charge in [-0.2, -0.15) is 0 Å². The Morgan fingerprint density at radius 2 is 1.94 bits per heavy atom. The summed E-state index contributed by atoms with van der Waals surface area (Å²) >= 11 is 6.28. The van der Waals surface area contributed by atoms with Gasteiger partial charge in [-0.3, -0.25) is 9.38 Å². The zero-order valence-electron chi connectivity index (χ0n) is 10.6. The van der Waals surface area contributed by atoms with Crippen molar-refractivity contribution in [3.8, 4) is 0 Å². The second-order valence-corrected chi connectivity index (χ2v) is 5.39. The lowest BCUT2D eigenvalue weighted by molar-refractivity contribution is 0.481. The van der Waals surface area contributed by atoms with Gasteiger partial charge >= 0.3 is 0 Å². The first-order valence-corrected chi connectivity index (χ1v) is 6.26. The molecular formula is C12H17ClN4. The van der Waals surface area contributed by atoms with E-state index in [1.54, 1.807) is 6.20 Å². The Bertz CT molecular complexity index is 510. The van der Waals surface area contributed by atoms with E-state index in [1.165, 1.54) is 0 Å². The maximum atomic E-state index is 6.28. The standard InChI is InChI=1S/C12H17ClN4/c1-7(2)10(8(3)13)11-12-16-15-9(4)17(12)6-5-14-11/h5-8,10H,1-4H3. The Balaban J connectivity index is 2.61. The van der Waals surface area contributed by atoms with Gasteiger partial charge in [-0.05, 0) is 19.8 Å². The van der Waals surface area contributed by atoms with Gasteiger partial charge < -0.3 is 0 Å². The molecule has 0 saturated heterocycles. The van der Waals surface area contributed by atoms with Gasteiger partial charge in [0.2, 0.25) is 0 Å². The van der Waals surface area contributed by atoms with Crippen LogP contribution in [0.4, 0.5) is 0 Å². The van der Waals surface area contributed by atoms with Crippen LogP contribution in [0.5, 0.6) is 0 Å². The second kappa shape index (κ2) is 4.61. The molecule has 0 bridgehead atoms. The Morgan fingerprint density at radius 1 is 1.24 bits per heavy atom. The van der Waals surface area contributed by atoms with Crippen LogP contribution in [0.1, 0.15) is 38.2 Å². The van der Waals surface area contributed by atoms with Crippen LogP contribution in [0.3, 0.4) is 0 Å². The molecule has 0 radical (unpaired) electrons. The third kappa shape index (κ3) is 2.14. The van der Waals surface area contributed by atoms with Gasteiger partial charge in [0.1, 0.15) is 5.82 Å². The lowest BCUT2D eigenvalue weighted by Gasteiger charge is -2.22. The topological polar surface area (TPSA) is 43.1 Å². The van der Waals surface area contributed by atoms with E-state index in [-0.39, 0.29) is 11.3 Å². The molecular weight excluding hydrogens is 236 g/mol. The number of rotatable bonds is 3. The third-order valence-corrected chi connectivity index (χ3v) is 3.33. The number of halogens is 1. The highest BCUT2D eigenvalue weighted by molar-refractivity contribution is 6.20. The number of nitrogens with zero attached hydrogens (tertiary/aromatic N) is 4. The van der Waals surface area contributed by atoms with Crippen molar-refractivity contribution >= 4 is 17.2 Å². The molecule has 0 aliphatic heterocycles. The number of hydrogen-bond donors (Lipinski definition) is 0. The van der Waals surface area contributed by atoms with E-state index in [9.17, 15) is 0 Å². The van der Waals surface area contributed by atoms with Crippen molar-refractivity contribution in [3.63, 3.8) is 0 Å². The number of aryl methyl sites for hydroxylation is 1. The Labute approximate surface area is 106 Å². The monoisotopic (exact) mass is 252 g/mol. The summed E-state index contributed by atoms with van der Waals surface area (Å²) in [7, 11) is 0. The van der Waals surface area contributed by atoms with Gasteiger partial charge in [-0.1, -0.05) is 13.8 Å². The molecule has 2 atom stereocenters. The predicted octanol–water partition coefficient (Wildman–Crippen LogP) is 2.80. The fourth-order valence-corrected chi connectivity index (χ4v) is 2.67. The number of fused-ring (bicyclic) bond motifs is 1. The summed E-state index contributed by atoms with van der Waals surface area (Å²) in [5, 5.41) is 8.30. The van der Waals surface area contributed by atoms with Crippen molar-refractivity contribution < 1.29 is 0 Å². The summed E-state index contributed by atoms with van der Waals surface area (Å²) in [6.07, 6.45) is 3.66. The number of alkyl halides is 1. The molecule has 0 amide bonds. The van der Waals surface area contributed by atoms with Crippen LogP contribution in [-0.4, -0.2) is 25.0 Å². The Morgan fingerprint density at radius 3 is 2.53 bits per heavy atom. The molecule has 5 heteroatoms. The van der Waals surface area contributed by atoms with Gasteiger partial charge in [0, 0.05) is 23.7 Å². The largest absolute Gasteiger partial charge is 0.284 e. The highest BCUT2D eigenvalue weighted by Crippen LogP contribution is 2.31. The van der Waals surface area contributed by atoms with E-state index < -0.39 is 0 Å². The highest BCUT2D eigenvalue weighted by atomic mass is 35.5. The second-order valence-electron chi connectivity index (χ2n) is 4.70. The van der Waals surface area contributed by atoms with Gasteiger partial charge in [0.15, 0.2) is 5.65 Å². The van der Waals surface area contributed by atoms with E-state index in [4.69, 9.17) is 11.6 Å². The SMILES string of the molecule is Cc1nnc2c(C(C(C)C)C(C)Cl)nccn12. The highest BCUT2D eigenvalue weighted by Gasteiger charge is 2.26. The summed E-state index contributed by atoms with van der Waals surface area (Å²) in [4.78, 5) is 4.46. The fourth-order valence-electron chi connectivity index (χ4n) is 2.26. The zero-order chi connectivity index (χ0) is 12.6. The average Bonchev–Trinajstić information content (AvgIpc) is 2.61. The first kappa shape index (κ1) is 12.3. The van der Waals surface area contributed by atoms with Crippen molar-refractivity contribution in [1.82, 2.24) is 19.6 Å². The van der Waals surface area contributed by atoms with Crippen molar-refractivity contribution in [3.05, 3.63) is 23.9 Å². The summed E-state index contributed by atoms with van der Waals surface area (Å²) < 4.78 is 1.96. The first-order chi connectivity index (χ1) is 8.02. The molecule has 0 saturated carbocycles. The Kier molecular flexibility index (Phi) is 3.33. The van der Waals surface area contributed by atoms with E-state index in [0.717, 1.165) is 17.2 Å². The van der Waals surface area contributed by atoms with Crippen LogP contribution in [0.15, 0.2) is 12.4 Å². The zero-order valence-corrected chi connectivity index (χ0v) is 11.3. The van der Waals surface area contributed by atoms with Crippen molar-refractivity contribution in [2.24, 2.45) is 5.92 Å². The molecule has 0 aliphatic carbocycles. The average molecular weight is 253 g/mol. The molecule has 0 aromatic carbocycles. The Hall–Kier alpha value is -1.16. The molecule has 17 heavy (non-hydrogen) atoms. The summed E-state index contributed by atoms with van der Waals surface area (Å²) in [6.45, 7) is 8.23. The van der Waals surface area contributed by atoms with Gasteiger partial charge in [-0.25, -0.2) is 0 Å². The van der Waals surface area contributed by atoms with Crippen molar-refractivity contribution in [2.75, 3.05) is 0 Å². The molecule has 2 aromatic rings. The quantitative estimate of drug-likeness (QED) is 0.789. The minimum Gasteiger partial charge on any atom is -0.284 e. The molecule has 92 valence electrons. The molecule has 4 nitrogen and oxygen atoms in total. The number of hydrogen-bond acceptors (Lipinski definition) is 3. The van der Waals surface area contributed by atoms with Crippen LogP contribution in [-0.2, 0) is 0 Å². The minimum atomic E-state index is 0.0192. The molecule has 2 aromatic heterocycles. The van der Waals surface area contributed by atoms with E-state index in [2.05, 4.69) is 29.0 Å². The van der Waals surface area contributed by atoms with Crippen molar-refractivity contribution in [1.29, 1.82) is 0 Å². The lowest BCUT2D eigenvalue weighted by Crippen LogP contribution is -2.18. The van der Waals surface area contributed by atoms with Crippen LogP contribution >= 0.6 is 11.6 Å². The smallest absolute Gasteiger partial charge is 0.182 e.